The zero-order chi connectivity index (χ0) is 24.1. The molecule has 0 aliphatic rings. The van der Waals surface area contributed by atoms with Gasteiger partial charge in [-0.25, -0.2) is 18.4 Å². The third-order valence-electron chi connectivity index (χ3n) is 4.92. The van der Waals surface area contributed by atoms with Crippen LogP contribution in [0.15, 0.2) is 75.9 Å². The molecule has 176 valence electrons. The molecular formula is C23H21ClN4O4S2. The predicted molar refractivity (Wildman–Crippen MR) is 132 cm³/mol. The van der Waals surface area contributed by atoms with Gasteiger partial charge in [0, 0.05) is 15.6 Å². The molecule has 0 unspecified atom stereocenters. The lowest BCUT2D eigenvalue weighted by molar-refractivity contribution is 0.102. The van der Waals surface area contributed by atoms with Gasteiger partial charge in [0.15, 0.2) is 5.69 Å². The average Bonchev–Trinajstić information content (AvgIpc) is 3.54. The summed E-state index contributed by atoms with van der Waals surface area (Å²) in [5, 5.41) is 4.86. The number of benzene rings is 1. The van der Waals surface area contributed by atoms with Gasteiger partial charge >= 0.3 is 0 Å². The minimum absolute atomic E-state index is 0.0555. The first-order valence-corrected chi connectivity index (χ1v) is 13.2. The lowest BCUT2D eigenvalue weighted by Crippen LogP contribution is -2.27. The lowest BCUT2D eigenvalue weighted by atomic mass is 10.2. The average molecular weight is 517 g/mol. The fourth-order valence-corrected chi connectivity index (χ4v) is 4.72. The molecule has 34 heavy (non-hydrogen) atoms. The highest BCUT2D eigenvalue weighted by molar-refractivity contribution is 7.91. The van der Waals surface area contributed by atoms with E-state index in [0.717, 1.165) is 4.88 Å². The Morgan fingerprint density at radius 1 is 1.15 bits per heavy atom. The van der Waals surface area contributed by atoms with E-state index in [1.165, 1.54) is 13.1 Å². The molecular weight excluding hydrogens is 496 g/mol. The summed E-state index contributed by atoms with van der Waals surface area (Å²) in [6.45, 7) is 2.28. The van der Waals surface area contributed by atoms with E-state index < -0.39 is 20.9 Å². The topological polar surface area (TPSA) is 105 Å². The van der Waals surface area contributed by atoms with Crippen molar-refractivity contribution in [2.75, 3.05) is 16.0 Å². The number of thiophene rings is 1. The molecule has 4 rings (SSSR count). The van der Waals surface area contributed by atoms with Gasteiger partial charge in [-0.2, -0.15) is 0 Å². The Balaban J connectivity index is 1.77. The zero-order valence-corrected chi connectivity index (χ0v) is 20.5. The number of halogens is 1. The van der Waals surface area contributed by atoms with Crippen molar-refractivity contribution < 1.29 is 17.6 Å². The van der Waals surface area contributed by atoms with E-state index in [-0.39, 0.29) is 11.4 Å². The third kappa shape index (κ3) is 5.64. The van der Waals surface area contributed by atoms with Crippen molar-refractivity contribution in [1.29, 1.82) is 0 Å². The van der Waals surface area contributed by atoms with E-state index in [4.69, 9.17) is 16.0 Å². The SMILES string of the molecule is CCS(=O)(=O)c1ncc(N(Cc2ccco2)Cc2cccs2)c(C(=O)Nc2ccc(Cl)cc2)n1. The normalized spacial score (nSPS) is 11.4. The molecule has 0 fully saturated rings. The van der Waals surface area contributed by atoms with Crippen LogP contribution in [0.2, 0.25) is 5.02 Å². The molecule has 3 heterocycles. The quantitative estimate of drug-likeness (QED) is 0.311. The van der Waals surface area contributed by atoms with E-state index >= 15 is 0 Å². The first kappa shape index (κ1) is 23.9. The van der Waals surface area contributed by atoms with Crippen molar-refractivity contribution in [2.24, 2.45) is 0 Å². The number of furan rings is 1. The number of nitrogens with one attached hydrogen (secondary N) is 1. The van der Waals surface area contributed by atoms with Crippen molar-refractivity contribution >= 4 is 50.1 Å². The van der Waals surface area contributed by atoms with Crippen LogP contribution < -0.4 is 10.2 Å². The van der Waals surface area contributed by atoms with Gasteiger partial charge < -0.3 is 14.6 Å². The summed E-state index contributed by atoms with van der Waals surface area (Å²) in [6, 6.07) is 14.1. The van der Waals surface area contributed by atoms with Crippen molar-refractivity contribution in [3.05, 3.63) is 87.7 Å². The number of carbonyl (C=O) groups is 1. The summed E-state index contributed by atoms with van der Waals surface area (Å²) in [6.07, 6.45) is 2.95. The molecule has 1 aromatic carbocycles. The second-order valence-corrected chi connectivity index (χ2v) is 10.9. The van der Waals surface area contributed by atoms with E-state index in [1.54, 1.807) is 47.9 Å². The van der Waals surface area contributed by atoms with Gasteiger partial charge in [-0.3, -0.25) is 4.79 Å². The van der Waals surface area contributed by atoms with Crippen LogP contribution >= 0.6 is 22.9 Å². The van der Waals surface area contributed by atoms with Crippen LogP contribution in [-0.4, -0.2) is 30.0 Å². The van der Waals surface area contributed by atoms with Gasteiger partial charge in [-0.1, -0.05) is 24.6 Å². The molecule has 0 aliphatic heterocycles. The fraction of sp³-hybridized carbons (Fsp3) is 0.174. The van der Waals surface area contributed by atoms with Gasteiger partial charge in [-0.15, -0.1) is 11.3 Å². The Morgan fingerprint density at radius 2 is 1.94 bits per heavy atom. The molecule has 11 heteroatoms. The molecule has 1 N–H and O–H groups in total. The number of aromatic nitrogens is 2. The van der Waals surface area contributed by atoms with Crippen molar-refractivity contribution in [2.45, 2.75) is 25.2 Å². The summed E-state index contributed by atoms with van der Waals surface area (Å²) in [7, 11) is -3.73. The largest absolute Gasteiger partial charge is 0.467 e. The van der Waals surface area contributed by atoms with Gasteiger partial charge in [0.05, 0.1) is 37.0 Å². The van der Waals surface area contributed by atoms with E-state index in [0.29, 0.717) is 35.2 Å². The molecule has 0 spiro atoms. The van der Waals surface area contributed by atoms with Gasteiger partial charge in [0.25, 0.3) is 5.91 Å². The molecule has 4 aromatic rings. The first-order chi connectivity index (χ1) is 16.4. The standard InChI is InChI=1S/C23H21ClN4O4S2/c1-2-34(30,31)23-25-13-20(21(27-23)22(29)26-17-9-7-16(24)8-10-17)28(14-18-5-3-11-32-18)15-19-6-4-12-33-19/h3-13H,2,14-15H2,1H3,(H,26,29). The number of sulfone groups is 1. The Bertz CT molecular complexity index is 1320. The van der Waals surface area contributed by atoms with E-state index in [9.17, 15) is 13.2 Å². The summed E-state index contributed by atoms with van der Waals surface area (Å²) in [5.41, 5.74) is 0.820. The van der Waals surface area contributed by atoms with Crippen LogP contribution in [0.25, 0.3) is 0 Å². The van der Waals surface area contributed by atoms with Crippen molar-refractivity contribution in [1.82, 2.24) is 9.97 Å². The Morgan fingerprint density at radius 3 is 2.59 bits per heavy atom. The molecule has 8 nitrogen and oxygen atoms in total. The van der Waals surface area contributed by atoms with Crippen LogP contribution in [0.3, 0.4) is 0 Å². The van der Waals surface area contributed by atoms with Gasteiger partial charge in [0.1, 0.15) is 5.76 Å². The summed E-state index contributed by atoms with van der Waals surface area (Å²) < 4.78 is 30.5. The number of hydrogen-bond donors (Lipinski definition) is 1. The Labute approximate surface area is 206 Å². The highest BCUT2D eigenvalue weighted by Gasteiger charge is 2.25. The van der Waals surface area contributed by atoms with Crippen molar-refractivity contribution in [3.8, 4) is 0 Å². The molecule has 0 saturated heterocycles. The lowest BCUT2D eigenvalue weighted by Gasteiger charge is -2.25. The molecule has 1 amide bonds. The monoisotopic (exact) mass is 516 g/mol. The maximum atomic E-state index is 13.3. The molecule has 0 saturated carbocycles. The second kappa shape index (κ2) is 10.4. The maximum absolute atomic E-state index is 13.3. The second-order valence-electron chi connectivity index (χ2n) is 7.27. The van der Waals surface area contributed by atoms with Crippen LogP contribution in [-0.2, 0) is 22.9 Å². The maximum Gasteiger partial charge on any atom is 0.276 e. The molecule has 0 radical (unpaired) electrons. The van der Waals surface area contributed by atoms with Crippen LogP contribution in [0, 0.1) is 0 Å². The molecule has 0 bridgehead atoms. The summed E-state index contributed by atoms with van der Waals surface area (Å²) >= 11 is 7.51. The van der Waals surface area contributed by atoms with Gasteiger partial charge in [-0.05, 0) is 47.8 Å². The summed E-state index contributed by atoms with van der Waals surface area (Å²) in [4.78, 5) is 24.5. The minimum atomic E-state index is -3.73. The smallest absolute Gasteiger partial charge is 0.276 e. The van der Waals surface area contributed by atoms with Crippen molar-refractivity contribution in [3.63, 3.8) is 0 Å². The van der Waals surface area contributed by atoms with Gasteiger partial charge in [0.2, 0.25) is 15.0 Å². The highest BCUT2D eigenvalue weighted by atomic mass is 35.5. The van der Waals surface area contributed by atoms with Crippen LogP contribution in [0.1, 0.15) is 28.0 Å². The third-order valence-corrected chi connectivity index (χ3v) is 7.54. The van der Waals surface area contributed by atoms with Crippen LogP contribution in [0.4, 0.5) is 11.4 Å². The highest BCUT2D eigenvalue weighted by Crippen LogP contribution is 2.27. The number of rotatable bonds is 9. The Hall–Kier alpha value is -3.21. The number of hydrogen-bond acceptors (Lipinski definition) is 8. The number of nitrogens with zero attached hydrogens (tertiary/aromatic N) is 3. The van der Waals surface area contributed by atoms with Crippen LogP contribution in [0.5, 0.6) is 0 Å². The number of amides is 1. The van der Waals surface area contributed by atoms with E-state index in [2.05, 4.69) is 15.3 Å². The minimum Gasteiger partial charge on any atom is -0.467 e. The molecule has 3 aromatic heterocycles. The zero-order valence-electron chi connectivity index (χ0n) is 18.1. The molecule has 0 aliphatic carbocycles. The number of carbonyl (C=O) groups excluding carboxylic acids is 1. The predicted octanol–water partition coefficient (Wildman–Crippen LogP) is 5.04. The summed E-state index contributed by atoms with van der Waals surface area (Å²) in [5.74, 6) is -0.0793. The molecule has 0 atom stereocenters. The van der Waals surface area contributed by atoms with E-state index in [1.807, 2.05) is 28.5 Å². The Kier molecular flexibility index (Phi) is 7.30. The number of anilines is 2. The first-order valence-electron chi connectivity index (χ1n) is 10.3. The fourth-order valence-electron chi connectivity index (χ4n) is 3.17.